The van der Waals surface area contributed by atoms with Gasteiger partial charge >= 0.3 is 5.97 Å². The molecule has 1 N–H and O–H groups in total. The van der Waals surface area contributed by atoms with E-state index < -0.39 is 5.97 Å². The fourth-order valence-electron chi connectivity index (χ4n) is 3.10. The molecule has 0 saturated heterocycles. The second-order valence-electron chi connectivity index (χ2n) is 6.75. The van der Waals surface area contributed by atoms with Crippen LogP contribution in [0.5, 0.6) is 17.2 Å². The van der Waals surface area contributed by atoms with E-state index in [0.717, 1.165) is 11.1 Å². The number of anilines is 1. The molecule has 0 atom stereocenters. The minimum atomic E-state index is -0.520. The van der Waals surface area contributed by atoms with Crippen LogP contribution in [0.1, 0.15) is 22.8 Å². The van der Waals surface area contributed by atoms with Gasteiger partial charge in [0.05, 0.1) is 20.8 Å². The number of carbonyl (C=O) groups is 2. The largest absolute Gasteiger partial charge is 0.493 e. The number of amides is 1. The Hall–Kier alpha value is -3.52. The van der Waals surface area contributed by atoms with Gasteiger partial charge < -0.3 is 24.3 Å². The number of carbonyl (C=O) groups excluding carboxylic acids is 2. The van der Waals surface area contributed by atoms with Crippen LogP contribution in [0.2, 0.25) is 0 Å². The maximum absolute atomic E-state index is 12.7. The van der Waals surface area contributed by atoms with Gasteiger partial charge in [0.1, 0.15) is 16.3 Å². The molecule has 1 aromatic heterocycles. The molecule has 3 aromatic rings. The predicted molar refractivity (Wildman–Crippen MR) is 124 cm³/mol. The molecule has 8 heteroatoms. The van der Waals surface area contributed by atoms with E-state index in [9.17, 15) is 9.59 Å². The van der Waals surface area contributed by atoms with Crippen LogP contribution >= 0.6 is 11.3 Å². The zero-order valence-corrected chi connectivity index (χ0v) is 19.2. The third-order valence-corrected chi connectivity index (χ3v) is 5.57. The average molecular weight is 456 g/mol. The first kappa shape index (κ1) is 23.1. The van der Waals surface area contributed by atoms with Crippen LogP contribution in [0.3, 0.4) is 0 Å². The van der Waals surface area contributed by atoms with Gasteiger partial charge in [0, 0.05) is 10.9 Å². The minimum absolute atomic E-state index is 0.184. The summed E-state index contributed by atoms with van der Waals surface area (Å²) in [5.41, 5.74) is 2.58. The Morgan fingerprint density at radius 2 is 1.75 bits per heavy atom. The summed E-state index contributed by atoms with van der Waals surface area (Å²) in [4.78, 5) is 25.3. The molecule has 0 aliphatic carbocycles. The number of hydrogen-bond donors (Lipinski definition) is 1. The zero-order chi connectivity index (χ0) is 23.1. The van der Waals surface area contributed by atoms with Gasteiger partial charge in [-0.1, -0.05) is 24.3 Å². The summed E-state index contributed by atoms with van der Waals surface area (Å²) in [7, 11) is 3.10. The number of esters is 1. The Morgan fingerprint density at radius 3 is 2.44 bits per heavy atom. The van der Waals surface area contributed by atoms with Crippen molar-refractivity contribution in [2.45, 2.75) is 13.8 Å². The summed E-state index contributed by atoms with van der Waals surface area (Å²) < 4.78 is 21.5. The highest BCUT2D eigenvalue weighted by molar-refractivity contribution is 7.15. The highest BCUT2D eigenvalue weighted by atomic mass is 32.1. The van der Waals surface area contributed by atoms with E-state index in [0.29, 0.717) is 27.8 Å². The molecule has 32 heavy (non-hydrogen) atoms. The molecule has 0 aliphatic heterocycles. The maximum Gasteiger partial charge on any atom is 0.341 e. The summed E-state index contributed by atoms with van der Waals surface area (Å²) in [6, 6.07) is 12.8. The van der Waals surface area contributed by atoms with Crippen molar-refractivity contribution in [3.05, 3.63) is 59.0 Å². The Kier molecular flexibility index (Phi) is 7.72. The molecule has 0 aliphatic rings. The lowest BCUT2D eigenvalue weighted by Gasteiger charge is -2.12. The molecule has 7 nitrogen and oxygen atoms in total. The van der Waals surface area contributed by atoms with Gasteiger partial charge in [-0.3, -0.25) is 4.79 Å². The number of benzene rings is 2. The zero-order valence-electron chi connectivity index (χ0n) is 18.4. The van der Waals surface area contributed by atoms with E-state index in [1.807, 2.05) is 31.2 Å². The first-order chi connectivity index (χ1) is 15.5. The van der Waals surface area contributed by atoms with E-state index >= 15 is 0 Å². The number of methoxy groups -OCH3 is 2. The molecule has 3 rings (SSSR count). The summed E-state index contributed by atoms with van der Waals surface area (Å²) in [5.74, 6) is 0.841. The van der Waals surface area contributed by atoms with Crippen LogP contribution in [-0.4, -0.2) is 39.3 Å². The summed E-state index contributed by atoms with van der Waals surface area (Å²) in [5, 5.41) is 4.97. The topological polar surface area (TPSA) is 83.1 Å². The van der Waals surface area contributed by atoms with Crippen molar-refractivity contribution in [2.24, 2.45) is 0 Å². The molecule has 0 unspecified atom stereocenters. The number of rotatable bonds is 9. The van der Waals surface area contributed by atoms with Crippen LogP contribution in [0, 0.1) is 6.92 Å². The average Bonchev–Trinajstić information content (AvgIpc) is 3.21. The summed E-state index contributed by atoms with van der Waals surface area (Å²) >= 11 is 1.24. The van der Waals surface area contributed by atoms with Crippen LogP contribution in [0.15, 0.2) is 47.8 Å². The molecule has 0 bridgehead atoms. The van der Waals surface area contributed by atoms with Crippen molar-refractivity contribution in [3.63, 3.8) is 0 Å². The second kappa shape index (κ2) is 10.7. The molecular formula is C24H25NO6S. The van der Waals surface area contributed by atoms with Crippen molar-refractivity contribution in [1.82, 2.24) is 0 Å². The number of ether oxygens (including phenoxy) is 4. The fourth-order valence-corrected chi connectivity index (χ4v) is 4.07. The van der Waals surface area contributed by atoms with Crippen LogP contribution in [0.4, 0.5) is 5.00 Å². The molecular weight excluding hydrogens is 430 g/mol. The second-order valence-corrected chi connectivity index (χ2v) is 7.63. The fraction of sp³-hybridized carbons (Fsp3) is 0.250. The first-order valence-electron chi connectivity index (χ1n) is 9.97. The Bertz CT molecular complexity index is 1110. The molecule has 0 radical (unpaired) electrons. The van der Waals surface area contributed by atoms with Gasteiger partial charge in [0.25, 0.3) is 5.91 Å². The first-order valence-corrected chi connectivity index (χ1v) is 10.9. The molecule has 0 saturated carbocycles. The van der Waals surface area contributed by atoms with Crippen molar-refractivity contribution < 1.29 is 28.5 Å². The predicted octanol–water partition coefficient (Wildman–Crippen LogP) is 4.93. The molecule has 1 heterocycles. The monoisotopic (exact) mass is 455 g/mol. The van der Waals surface area contributed by atoms with Gasteiger partial charge in [0.2, 0.25) is 0 Å². The Labute approximate surface area is 190 Å². The third-order valence-electron chi connectivity index (χ3n) is 4.67. The number of aryl methyl sites for hydroxylation is 1. The van der Waals surface area contributed by atoms with Crippen molar-refractivity contribution in [3.8, 4) is 28.4 Å². The van der Waals surface area contributed by atoms with E-state index in [1.54, 1.807) is 44.7 Å². The normalized spacial score (nSPS) is 10.4. The highest BCUT2D eigenvalue weighted by Crippen LogP contribution is 2.39. The molecule has 168 valence electrons. The Morgan fingerprint density at radius 1 is 1.00 bits per heavy atom. The number of nitrogens with one attached hydrogen (secondary N) is 1. The van der Waals surface area contributed by atoms with E-state index in [2.05, 4.69) is 5.32 Å². The lowest BCUT2D eigenvalue weighted by Crippen LogP contribution is -2.21. The van der Waals surface area contributed by atoms with E-state index in [1.165, 1.54) is 11.3 Å². The van der Waals surface area contributed by atoms with Crippen molar-refractivity contribution >= 4 is 28.2 Å². The molecule has 0 spiro atoms. The maximum atomic E-state index is 12.7. The summed E-state index contributed by atoms with van der Waals surface area (Å²) in [6.45, 7) is 3.66. The molecule has 1 amide bonds. The van der Waals surface area contributed by atoms with Crippen molar-refractivity contribution in [1.29, 1.82) is 0 Å². The number of para-hydroxylation sites is 1. The quantitative estimate of drug-likeness (QED) is 0.461. The number of hydrogen-bond acceptors (Lipinski definition) is 7. The highest BCUT2D eigenvalue weighted by Gasteiger charge is 2.23. The van der Waals surface area contributed by atoms with Crippen molar-refractivity contribution in [2.75, 3.05) is 32.8 Å². The van der Waals surface area contributed by atoms with Gasteiger partial charge in [-0.05, 0) is 43.2 Å². The van der Waals surface area contributed by atoms with E-state index in [4.69, 9.17) is 18.9 Å². The van der Waals surface area contributed by atoms with Gasteiger partial charge in [0.15, 0.2) is 18.1 Å². The van der Waals surface area contributed by atoms with Crippen LogP contribution < -0.4 is 19.5 Å². The van der Waals surface area contributed by atoms with Gasteiger partial charge in [-0.25, -0.2) is 4.79 Å². The lowest BCUT2D eigenvalue weighted by molar-refractivity contribution is -0.118. The van der Waals surface area contributed by atoms with Gasteiger partial charge in [-0.15, -0.1) is 11.3 Å². The SMILES string of the molecule is CCOC(=O)c1c(-c2ccc(OC)c(OC)c2)csc1NC(=O)COc1ccccc1C. The lowest BCUT2D eigenvalue weighted by atomic mass is 10.0. The summed E-state index contributed by atoms with van der Waals surface area (Å²) in [6.07, 6.45) is 0. The van der Waals surface area contributed by atoms with Gasteiger partial charge in [-0.2, -0.15) is 0 Å². The van der Waals surface area contributed by atoms with E-state index in [-0.39, 0.29) is 24.7 Å². The van der Waals surface area contributed by atoms with Crippen LogP contribution in [-0.2, 0) is 9.53 Å². The minimum Gasteiger partial charge on any atom is -0.493 e. The van der Waals surface area contributed by atoms with Crippen LogP contribution in [0.25, 0.3) is 11.1 Å². The standard InChI is InChI=1S/C24H25NO6S/c1-5-30-24(27)22-17(16-10-11-19(28-3)20(12-16)29-4)14-32-23(22)25-21(26)13-31-18-9-7-6-8-15(18)2/h6-12,14H,5,13H2,1-4H3,(H,25,26). The third kappa shape index (κ3) is 5.20. The Balaban J connectivity index is 1.87. The molecule has 2 aromatic carbocycles. The molecule has 0 fully saturated rings. The number of thiophene rings is 1. The smallest absolute Gasteiger partial charge is 0.341 e.